The first-order valence-electron chi connectivity index (χ1n) is 8.50. The Bertz CT molecular complexity index is 592. The molecule has 1 amide bonds. The number of aromatic hydroxyl groups is 1. The van der Waals surface area contributed by atoms with Crippen LogP contribution in [0.5, 0.6) is 5.75 Å². The van der Waals surface area contributed by atoms with E-state index in [1.54, 1.807) is 0 Å². The highest BCUT2D eigenvalue weighted by molar-refractivity contribution is 6.31. The first kappa shape index (κ1) is 20.8. The normalized spacial score (nSPS) is 12.1. The van der Waals surface area contributed by atoms with Crippen LogP contribution in [0, 0.1) is 6.92 Å². The van der Waals surface area contributed by atoms with Crippen molar-refractivity contribution in [2.24, 2.45) is 0 Å². The molecule has 0 bridgehead atoms. The van der Waals surface area contributed by atoms with Gasteiger partial charge in [0.25, 0.3) is 0 Å². The number of hydrogen-bond donors (Lipinski definition) is 2. The number of carbonyl (C=O) groups is 1. The summed E-state index contributed by atoms with van der Waals surface area (Å²) in [5, 5.41) is 14.3. The number of carbonyl (C=O) groups excluding carboxylic acids is 1. The fourth-order valence-electron chi connectivity index (χ4n) is 2.61. The third-order valence-corrected chi connectivity index (χ3v) is 4.38. The average molecular weight is 355 g/mol. The van der Waals surface area contributed by atoms with E-state index in [4.69, 9.17) is 11.6 Å². The number of phenolic OH excluding ortho intramolecular Hbond substituents is 1. The van der Waals surface area contributed by atoms with Crippen LogP contribution in [0.25, 0.3) is 0 Å². The highest BCUT2D eigenvalue weighted by atomic mass is 35.5. The van der Waals surface area contributed by atoms with Crippen molar-refractivity contribution >= 4 is 17.5 Å². The molecule has 4 nitrogen and oxygen atoms in total. The maximum Gasteiger partial charge on any atom is 0.234 e. The number of halogens is 1. The quantitative estimate of drug-likeness (QED) is 0.804. The van der Waals surface area contributed by atoms with E-state index in [1.165, 1.54) is 0 Å². The number of nitrogens with zero attached hydrogens (tertiary/aromatic N) is 1. The molecule has 5 heteroatoms. The molecule has 136 valence electrons. The van der Waals surface area contributed by atoms with Gasteiger partial charge in [-0.3, -0.25) is 9.69 Å². The van der Waals surface area contributed by atoms with E-state index < -0.39 is 0 Å². The number of phenols is 1. The summed E-state index contributed by atoms with van der Waals surface area (Å²) in [4.78, 5) is 14.2. The minimum atomic E-state index is -0.255. The van der Waals surface area contributed by atoms with Crippen LogP contribution in [-0.4, -0.2) is 34.5 Å². The lowest BCUT2D eigenvalue weighted by molar-refractivity contribution is -0.123. The van der Waals surface area contributed by atoms with Gasteiger partial charge in [0.05, 0.1) is 6.54 Å². The molecule has 0 heterocycles. The number of rotatable bonds is 6. The molecule has 1 aromatic carbocycles. The SMILES string of the molecule is CCN(CC(=O)NC(C)(C)C)Cc1c(C)c(Cl)cc(C(C)C)c1O. The molecule has 0 fully saturated rings. The smallest absolute Gasteiger partial charge is 0.234 e. The molecule has 0 spiro atoms. The summed E-state index contributed by atoms with van der Waals surface area (Å²) in [5.41, 5.74) is 2.26. The van der Waals surface area contributed by atoms with E-state index in [0.29, 0.717) is 23.9 Å². The number of amides is 1. The third kappa shape index (κ3) is 5.67. The zero-order valence-corrected chi connectivity index (χ0v) is 16.7. The minimum Gasteiger partial charge on any atom is -0.507 e. The summed E-state index contributed by atoms with van der Waals surface area (Å²) >= 11 is 6.35. The van der Waals surface area contributed by atoms with Gasteiger partial charge < -0.3 is 10.4 Å². The lowest BCUT2D eigenvalue weighted by Crippen LogP contribution is -2.45. The summed E-state index contributed by atoms with van der Waals surface area (Å²) in [6, 6.07) is 1.84. The molecule has 0 saturated heterocycles. The Hall–Kier alpha value is -1.26. The molecule has 0 aromatic heterocycles. The van der Waals surface area contributed by atoms with Crippen LogP contribution in [0.2, 0.25) is 5.02 Å². The molecular weight excluding hydrogens is 324 g/mol. The Kier molecular flexibility index (Phi) is 7.11. The van der Waals surface area contributed by atoms with E-state index in [9.17, 15) is 9.90 Å². The van der Waals surface area contributed by atoms with E-state index >= 15 is 0 Å². The van der Waals surface area contributed by atoms with Crippen LogP contribution in [0.1, 0.15) is 64.2 Å². The lowest BCUT2D eigenvalue weighted by atomic mass is 9.95. The lowest BCUT2D eigenvalue weighted by Gasteiger charge is -2.26. The van der Waals surface area contributed by atoms with E-state index in [1.807, 2.05) is 59.4 Å². The summed E-state index contributed by atoms with van der Waals surface area (Å²) in [6.45, 7) is 15.3. The molecule has 1 aromatic rings. The Morgan fingerprint density at radius 3 is 2.42 bits per heavy atom. The number of likely N-dealkylation sites (N-methyl/N-ethyl adjacent to an activating group) is 1. The predicted molar refractivity (Wildman–Crippen MR) is 101 cm³/mol. The highest BCUT2D eigenvalue weighted by Crippen LogP contribution is 2.36. The van der Waals surface area contributed by atoms with Gasteiger partial charge in [-0.05, 0) is 57.4 Å². The summed E-state index contributed by atoms with van der Waals surface area (Å²) in [7, 11) is 0. The molecule has 0 unspecified atom stereocenters. The minimum absolute atomic E-state index is 0.0207. The Balaban J connectivity index is 3.03. The second-order valence-corrected chi connectivity index (χ2v) is 8.06. The van der Waals surface area contributed by atoms with Crippen LogP contribution in [0.4, 0.5) is 0 Å². The van der Waals surface area contributed by atoms with Gasteiger partial charge in [0, 0.05) is 22.7 Å². The largest absolute Gasteiger partial charge is 0.507 e. The molecule has 0 saturated carbocycles. The van der Waals surface area contributed by atoms with Gasteiger partial charge >= 0.3 is 0 Å². The fourth-order valence-corrected chi connectivity index (χ4v) is 2.84. The van der Waals surface area contributed by atoms with Gasteiger partial charge in [-0.15, -0.1) is 0 Å². The molecule has 0 aliphatic heterocycles. The highest BCUT2D eigenvalue weighted by Gasteiger charge is 2.20. The average Bonchev–Trinajstić information content (AvgIpc) is 2.43. The van der Waals surface area contributed by atoms with Crippen LogP contribution in [0.3, 0.4) is 0 Å². The molecule has 0 atom stereocenters. The molecule has 0 aliphatic rings. The van der Waals surface area contributed by atoms with Crippen LogP contribution in [-0.2, 0) is 11.3 Å². The van der Waals surface area contributed by atoms with Gasteiger partial charge in [-0.25, -0.2) is 0 Å². The van der Waals surface area contributed by atoms with E-state index in [2.05, 4.69) is 5.32 Å². The van der Waals surface area contributed by atoms with Crippen LogP contribution >= 0.6 is 11.6 Å². The van der Waals surface area contributed by atoms with E-state index in [-0.39, 0.29) is 23.9 Å². The van der Waals surface area contributed by atoms with E-state index in [0.717, 1.165) is 16.7 Å². The van der Waals surface area contributed by atoms with Crippen molar-refractivity contribution in [1.29, 1.82) is 0 Å². The van der Waals surface area contributed by atoms with Crippen molar-refractivity contribution in [3.8, 4) is 5.75 Å². The van der Waals surface area contributed by atoms with Crippen molar-refractivity contribution in [2.45, 2.75) is 66.5 Å². The first-order valence-corrected chi connectivity index (χ1v) is 8.88. The number of nitrogens with one attached hydrogen (secondary N) is 1. The molecule has 24 heavy (non-hydrogen) atoms. The van der Waals surface area contributed by atoms with Gasteiger partial charge in [-0.2, -0.15) is 0 Å². The zero-order chi connectivity index (χ0) is 18.7. The van der Waals surface area contributed by atoms with Crippen molar-refractivity contribution in [1.82, 2.24) is 10.2 Å². The van der Waals surface area contributed by atoms with Gasteiger partial charge in [-0.1, -0.05) is 32.4 Å². The van der Waals surface area contributed by atoms with Crippen molar-refractivity contribution in [3.63, 3.8) is 0 Å². The summed E-state index contributed by atoms with van der Waals surface area (Å²) < 4.78 is 0. The summed E-state index contributed by atoms with van der Waals surface area (Å²) in [6.07, 6.45) is 0. The molecule has 0 radical (unpaired) electrons. The van der Waals surface area contributed by atoms with Gasteiger partial charge in [0.1, 0.15) is 5.75 Å². The second kappa shape index (κ2) is 8.21. The Morgan fingerprint density at radius 1 is 1.38 bits per heavy atom. The van der Waals surface area contributed by atoms with Gasteiger partial charge in [0.15, 0.2) is 0 Å². The fraction of sp³-hybridized carbons (Fsp3) is 0.632. The van der Waals surface area contributed by atoms with Crippen molar-refractivity contribution in [2.75, 3.05) is 13.1 Å². The number of benzene rings is 1. The molecule has 0 aliphatic carbocycles. The second-order valence-electron chi connectivity index (χ2n) is 7.66. The first-order chi connectivity index (χ1) is 11.0. The van der Waals surface area contributed by atoms with Gasteiger partial charge in [0.2, 0.25) is 5.91 Å². The molecule has 2 N–H and O–H groups in total. The van der Waals surface area contributed by atoms with Crippen molar-refractivity contribution in [3.05, 3.63) is 27.8 Å². The Morgan fingerprint density at radius 2 is 1.96 bits per heavy atom. The predicted octanol–water partition coefficient (Wildman–Crippen LogP) is 4.21. The third-order valence-electron chi connectivity index (χ3n) is 3.98. The Labute approximate surface area is 151 Å². The number of hydrogen-bond acceptors (Lipinski definition) is 3. The standard InChI is InChI=1S/C19H31ClN2O2/c1-8-22(11-17(23)21-19(5,6)7)10-15-13(4)16(20)9-14(12(2)3)18(15)24/h9,12,24H,8,10-11H2,1-7H3,(H,21,23). The zero-order valence-electron chi connectivity index (χ0n) is 16.0. The molecular formula is C19H31ClN2O2. The maximum atomic E-state index is 12.2. The molecule has 1 rings (SSSR count). The maximum absolute atomic E-state index is 12.2. The topological polar surface area (TPSA) is 52.6 Å². The summed E-state index contributed by atoms with van der Waals surface area (Å²) in [5.74, 6) is 0.454. The van der Waals surface area contributed by atoms with Crippen molar-refractivity contribution < 1.29 is 9.90 Å². The monoisotopic (exact) mass is 354 g/mol. The van der Waals surface area contributed by atoms with Crippen LogP contribution in [0.15, 0.2) is 6.07 Å². The van der Waals surface area contributed by atoms with Crippen LogP contribution < -0.4 is 5.32 Å².